The van der Waals surface area contributed by atoms with Gasteiger partial charge >= 0.3 is 11.9 Å². The van der Waals surface area contributed by atoms with Gasteiger partial charge in [-0.3, -0.25) is 9.59 Å². The van der Waals surface area contributed by atoms with E-state index in [2.05, 4.69) is 50.5 Å². The van der Waals surface area contributed by atoms with Crippen molar-refractivity contribution in [2.24, 2.45) is 0 Å². The normalized spacial score (nSPS) is 15.3. The molecule has 0 fully saturated rings. The fraction of sp³-hybridized carbons (Fsp3) is 0.714. The molecular formula is C7H14O5S4. The second-order valence-corrected chi connectivity index (χ2v) is 4.79. The summed E-state index contributed by atoms with van der Waals surface area (Å²) in [6, 6.07) is 0. The number of hydrogen-bond acceptors (Lipinski definition) is 7. The lowest BCUT2D eigenvalue weighted by atomic mass is 10.3. The molecular weight excluding hydrogens is 292 g/mol. The lowest BCUT2D eigenvalue weighted by Gasteiger charge is -2.07. The summed E-state index contributed by atoms with van der Waals surface area (Å²) >= 11 is 14.8. The van der Waals surface area contributed by atoms with Crippen LogP contribution < -0.4 is 0 Å². The van der Waals surface area contributed by atoms with Gasteiger partial charge in [-0.05, 0) is 0 Å². The largest absolute Gasteiger partial charge is 0.480 e. The fourth-order valence-corrected chi connectivity index (χ4v) is 0.698. The van der Waals surface area contributed by atoms with Crippen molar-refractivity contribution >= 4 is 62.5 Å². The molecule has 3 unspecified atom stereocenters. The average Bonchev–Trinajstić information content (AvgIpc) is 2.26. The molecule has 0 aromatic carbocycles. The molecule has 0 aliphatic heterocycles. The van der Waals surface area contributed by atoms with Gasteiger partial charge in [0.1, 0.15) is 10.5 Å². The number of aliphatic carboxylic acids is 2. The van der Waals surface area contributed by atoms with Crippen LogP contribution in [0.1, 0.15) is 0 Å². The van der Waals surface area contributed by atoms with Gasteiger partial charge in [0.15, 0.2) is 0 Å². The smallest absolute Gasteiger partial charge is 0.318 e. The molecule has 3 atom stereocenters. The van der Waals surface area contributed by atoms with Gasteiger partial charge in [-0.25, -0.2) is 0 Å². The molecule has 0 saturated carbocycles. The quantitative estimate of drug-likeness (QED) is 0.362. The zero-order valence-electron chi connectivity index (χ0n) is 8.09. The first-order valence-electron chi connectivity index (χ1n) is 3.99. The minimum absolute atomic E-state index is 0.0494. The van der Waals surface area contributed by atoms with Gasteiger partial charge in [0.2, 0.25) is 0 Å². The van der Waals surface area contributed by atoms with Gasteiger partial charge in [-0.1, -0.05) is 0 Å². The van der Waals surface area contributed by atoms with E-state index >= 15 is 0 Å². The number of carboxylic acid groups (broad SMARTS) is 2. The standard InChI is InChI=1S/C4H6O4S2.C3H8OS2/c5-3(6)1(9)2(10)4(7)8;4-1-3(6)2-5/h1-2,9-10H,(H,5,6)(H,7,8);3-6H,1-2H2. The number of hydrogen-bond donors (Lipinski definition) is 7. The summed E-state index contributed by atoms with van der Waals surface area (Å²) in [6.45, 7) is 0.118. The number of rotatable bonds is 5. The first kappa shape index (κ1) is 18.7. The summed E-state index contributed by atoms with van der Waals surface area (Å²) in [6.07, 6.45) is 0. The summed E-state index contributed by atoms with van der Waals surface area (Å²) in [4.78, 5) is 20.1. The molecule has 5 nitrogen and oxygen atoms in total. The minimum atomic E-state index is -1.29. The van der Waals surface area contributed by atoms with E-state index in [1.165, 1.54) is 0 Å². The highest BCUT2D eigenvalue weighted by molar-refractivity contribution is 7.86. The zero-order valence-corrected chi connectivity index (χ0v) is 11.7. The van der Waals surface area contributed by atoms with Gasteiger partial charge in [-0.2, -0.15) is 50.5 Å². The molecule has 0 bridgehead atoms. The maximum Gasteiger partial charge on any atom is 0.318 e. The van der Waals surface area contributed by atoms with E-state index in [1.807, 2.05) is 0 Å². The maximum absolute atomic E-state index is 10.1. The van der Waals surface area contributed by atoms with Gasteiger partial charge in [0.25, 0.3) is 0 Å². The van der Waals surface area contributed by atoms with Gasteiger partial charge < -0.3 is 15.3 Å². The van der Waals surface area contributed by atoms with Crippen molar-refractivity contribution in [3.8, 4) is 0 Å². The first-order valence-corrected chi connectivity index (χ1v) is 6.17. The molecule has 96 valence electrons. The first-order chi connectivity index (χ1) is 7.27. The topological polar surface area (TPSA) is 94.8 Å². The monoisotopic (exact) mass is 306 g/mol. The fourth-order valence-electron chi connectivity index (χ4n) is 0.328. The van der Waals surface area contributed by atoms with Crippen LogP contribution in [-0.2, 0) is 9.59 Å². The summed E-state index contributed by atoms with van der Waals surface area (Å²) < 4.78 is 0. The van der Waals surface area contributed by atoms with Crippen molar-refractivity contribution in [2.45, 2.75) is 15.7 Å². The molecule has 0 saturated heterocycles. The lowest BCUT2D eigenvalue weighted by molar-refractivity contribution is -0.142. The van der Waals surface area contributed by atoms with Crippen LogP contribution in [0.15, 0.2) is 0 Å². The molecule has 0 rings (SSSR count). The Morgan fingerprint density at radius 3 is 1.38 bits per heavy atom. The van der Waals surface area contributed by atoms with Gasteiger partial charge in [0.05, 0.1) is 6.61 Å². The van der Waals surface area contributed by atoms with Crippen LogP contribution in [-0.4, -0.2) is 55.4 Å². The van der Waals surface area contributed by atoms with Crippen LogP contribution in [0, 0.1) is 0 Å². The number of thiol groups is 4. The Morgan fingerprint density at radius 2 is 1.31 bits per heavy atom. The Hall–Kier alpha value is 0.300. The molecule has 0 aliphatic carbocycles. The predicted octanol–water partition coefficient (Wildman–Crippen LogP) is -0.0407. The van der Waals surface area contributed by atoms with Crippen molar-refractivity contribution in [1.82, 2.24) is 0 Å². The molecule has 0 amide bonds. The molecule has 3 N–H and O–H groups in total. The Morgan fingerprint density at radius 1 is 1.00 bits per heavy atom. The van der Waals surface area contributed by atoms with Gasteiger partial charge in [0, 0.05) is 11.0 Å². The number of aliphatic hydroxyl groups is 1. The summed E-state index contributed by atoms with van der Waals surface area (Å²) in [7, 11) is 0. The average molecular weight is 306 g/mol. The molecule has 0 spiro atoms. The minimum Gasteiger partial charge on any atom is -0.480 e. The third kappa shape index (κ3) is 9.52. The molecule has 0 aliphatic rings. The Kier molecular flexibility index (Phi) is 12.2. The summed E-state index contributed by atoms with van der Waals surface area (Å²) in [5.41, 5.74) is 0. The predicted molar refractivity (Wildman–Crippen MR) is 74.5 cm³/mol. The SMILES string of the molecule is O=C(O)C(S)C(S)C(=O)O.OCC(S)CS. The van der Waals surface area contributed by atoms with E-state index in [0.717, 1.165) is 0 Å². The highest BCUT2D eigenvalue weighted by atomic mass is 32.1. The van der Waals surface area contributed by atoms with Crippen molar-refractivity contribution in [3.63, 3.8) is 0 Å². The van der Waals surface area contributed by atoms with E-state index < -0.39 is 22.4 Å². The van der Waals surface area contributed by atoms with E-state index in [4.69, 9.17) is 15.3 Å². The number of aliphatic hydroxyl groups excluding tert-OH is 1. The second-order valence-electron chi connectivity index (χ2n) is 2.59. The van der Waals surface area contributed by atoms with Crippen molar-refractivity contribution < 1.29 is 24.9 Å². The van der Waals surface area contributed by atoms with Crippen LogP contribution in [0.25, 0.3) is 0 Å². The van der Waals surface area contributed by atoms with Crippen LogP contribution in [0.3, 0.4) is 0 Å². The second kappa shape index (κ2) is 10.5. The lowest BCUT2D eigenvalue weighted by Crippen LogP contribution is -2.31. The number of carbonyl (C=O) groups is 2. The van der Waals surface area contributed by atoms with E-state index in [0.29, 0.717) is 5.75 Å². The van der Waals surface area contributed by atoms with Crippen molar-refractivity contribution in [3.05, 3.63) is 0 Å². The summed E-state index contributed by atoms with van der Waals surface area (Å²) in [5, 5.41) is 22.2. The van der Waals surface area contributed by atoms with Gasteiger partial charge in [-0.15, -0.1) is 0 Å². The molecule has 9 heteroatoms. The third-order valence-electron chi connectivity index (χ3n) is 1.23. The Bertz CT molecular complexity index is 203. The number of carboxylic acids is 2. The van der Waals surface area contributed by atoms with Crippen LogP contribution >= 0.6 is 50.5 Å². The Balaban J connectivity index is 0. The van der Waals surface area contributed by atoms with Crippen molar-refractivity contribution in [2.75, 3.05) is 12.4 Å². The molecule has 0 radical (unpaired) electrons. The van der Waals surface area contributed by atoms with E-state index in [9.17, 15) is 9.59 Å². The van der Waals surface area contributed by atoms with E-state index in [1.54, 1.807) is 0 Å². The molecule has 0 heterocycles. The zero-order chi connectivity index (χ0) is 13.3. The highest BCUT2D eigenvalue weighted by Gasteiger charge is 2.26. The summed E-state index contributed by atoms with van der Waals surface area (Å²) in [5.74, 6) is -1.93. The van der Waals surface area contributed by atoms with Crippen molar-refractivity contribution in [1.29, 1.82) is 0 Å². The Labute approximate surface area is 115 Å². The van der Waals surface area contributed by atoms with Crippen LogP contribution in [0.5, 0.6) is 0 Å². The maximum atomic E-state index is 10.1. The molecule has 0 aromatic heterocycles. The van der Waals surface area contributed by atoms with E-state index in [-0.39, 0.29) is 11.9 Å². The highest BCUT2D eigenvalue weighted by Crippen LogP contribution is 2.08. The molecule has 16 heavy (non-hydrogen) atoms. The third-order valence-corrected chi connectivity index (χ3v) is 3.57. The van der Waals surface area contributed by atoms with Crippen LogP contribution in [0.2, 0.25) is 0 Å². The molecule has 0 aromatic rings. The van der Waals surface area contributed by atoms with Crippen LogP contribution in [0.4, 0.5) is 0 Å².